The van der Waals surface area contributed by atoms with Crippen molar-refractivity contribution in [1.82, 2.24) is 4.90 Å². The highest BCUT2D eigenvalue weighted by molar-refractivity contribution is 6.25. The number of hydrogen-bond donors (Lipinski definition) is 0. The molecule has 1 aliphatic rings. The van der Waals surface area contributed by atoms with Gasteiger partial charge in [0.25, 0.3) is 0 Å². The van der Waals surface area contributed by atoms with E-state index in [-0.39, 0.29) is 10.9 Å². The van der Waals surface area contributed by atoms with Crippen LogP contribution < -0.4 is 0 Å². The molecular weight excluding hydrogens is 350 g/mol. The third kappa shape index (κ3) is 3.67. The van der Waals surface area contributed by atoms with E-state index in [2.05, 4.69) is 104 Å². The van der Waals surface area contributed by atoms with E-state index in [0.717, 1.165) is 13.1 Å². The Morgan fingerprint density at radius 1 is 0.741 bits per heavy atom. The predicted octanol–water partition coefficient (Wildman–Crippen LogP) is 6.35. The first-order valence-corrected chi connectivity index (χ1v) is 10.1. The van der Waals surface area contributed by atoms with Gasteiger partial charge in [0.05, 0.1) is 10.9 Å². The average molecular weight is 376 g/mol. The number of alkyl halides is 1. The summed E-state index contributed by atoms with van der Waals surface area (Å²) >= 11 is 7.08. The van der Waals surface area contributed by atoms with Crippen molar-refractivity contribution in [1.29, 1.82) is 0 Å². The summed E-state index contributed by atoms with van der Waals surface area (Å²) in [5.41, 5.74) is 5.23. The molecule has 0 amide bonds. The number of hydrogen-bond acceptors (Lipinski definition) is 1. The molecule has 1 fully saturated rings. The minimum absolute atomic E-state index is 0.243. The van der Waals surface area contributed by atoms with Gasteiger partial charge in [0, 0.05) is 13.1 Å². The second-order valence-corrected chi connectivity index (χ2v) is 8.60. The molecule has 1 saturated heterocycles. The Labute approximate surface area is 167 Å². The molecule has 3 aromatic rings. The van der Waals surface area contributed by atoms with Crippen molar-refractivity contribution >= 4 is 11.6 Å². The van der Waals surface area contributed by atoms with Gasteiger partial charge >= 0.3 is 0 Å². The van der Waals surface area contributed by atoms with Crippen molar-refractivity contribution in [3.8, 4) is 0 Å². The van der Waals surface area contributed by atoms with Crippen molar-refractivity contribution in [3.63, 3.8) is 0 Å². The molecule has 1 nitrogen and oxygen atoms in total. The summed E-state index contributed by atoms with van der Waals surface area (Å²) in [5.74, 6) is 0.516. The highest BCUT2D eigenvalue weighted by Crippen LogP contribution is 2.45. The first kappa shape index (κ1) is 18.3. The fourth-order valence-corrected chi connectivity index (χ4v) is 4.45. The second kappa shape index (κ2) is 7.50. The molecule has 138 valence electrons. The van der Waals surface area contributed by atoms with Gasteiger partial charge < -0.3 is 0 Å². The lowest BCUT2D eigenvalue weighted by Crippen LogP contribution is -2.57. The van der Waals surface area contributed by atoms with Crippen molar-refractivity contribution < 1.29 is 0 Å². The smallest absolute Gasteiger partial charge is 0.0948 e. The maximum absolute atomic E-state index is 7.08. The van der Waals surface area contributed by atoms with E-state index in [1.165, 1.54) is 22.3 Å². The molecule has 0 N–H and O–H groups in total. The number of benzene rings is 3. The van der Waals surface area contributed by atoms with Crippen LogP contribution in [-0.2, 0) is 4.87 Å². The Kier molecular flexibility index (Phi) is 5.08. The zero-order valence-electron chi connectivity index (χ0n) is 16.0. The van der Waals surface area contributed by atoms with Crippen molar-refractivity contribution in [2.75, 3.05) is 13.1 Å². The van der Waals surface area contributed by atoms with Crippen LogP contribution in [0.1, 0.15) is 48.1 Å². The Balaban J connectivity index is 1.61. The number of nitrogens with zero attached hydrogens (tertiary/aromatic N) is 1. The molecule has 0 saturated carbocycles. The molecule has 0 spiro atoms. The summed E-state index contributed by atoms with van der Waals surface area (Å²) < 4.78 is 0. The molecule has 2 heteroatoms. The maximum atomic E-state index is 7.08. The Morgan fingerprint density at radius 2 is 1.26 bits per heavy atom. The minimum Gasteiger partial charge on any atom is -0.288 e. The second-order valence-electron chi connectivity index (χ2n) is 7.87. The van der Waals surface area contributed by atoms with Gasteiger partial charge in [0.1, 0.15) is 0 Å². The van der Waals surface area contributed by atoms with Crippen molar-refractivity contribution in [2.24, 2.45) is 0 Å². The molecule has 1 aliphatic heterocycles. The van der Waals surface area contributed by atoms with E-state index in [4.69, 9.17) is 11.6 Å². The molecule has 0 aromatic heterocycles. The predicted molar refractivity (Wildman–Crippen MR) is 114 cm³/mol. The van der Waals surface area contributed by atoms with Gasteiger partial charge in [-0.2, -0.15) is 0 Å². The normalized spacial score (nSPS) is 16.5. The molecule has 0 aliphatic carbocycles. The van der Waals surface area contributed by atoms with Crippen LogP contribution in [0.5, 0.6) is 0 Å². The fraction of sp³-hybridized carbons (Fsp3) is 0.280. The molecule has 0 unspecified atom stereocenters. The first-order valence-electron chi connectivity index (χ1n) is 9.70. The summed E-state index contributed by atoms with van der Waals surface area (Å²) in [5, 5.41) is 0. The lowest BCUT2D eigenvalue weighted by molar-refractivity contribution is 0.0867. The van der Waals surface area contributed by atoms with Crippen LogP contribution in [0.25, 0.3) is 0 Å². The van der Waals surface area contributed by atoms with E-state index in [9.17, 15) is 0 Å². The van der Waals surface area contributed by atoms with Gasteiger partial charge in [0.2, 0.25) is 0 Å². The largest absolute Gasteiger partial charge is 0.288 e. The molecule has 0 bridgehead atoms. The van der Waals surface area contributed by atoms with Crippen LogP contribution in [-0.4, -0.2) is 18.0 Å². The van der Waals surface area contributed by atoms with Crippen molar-refractivity contribution in [3.05, 3.63) is 107 Å². The number of likely N-dealkylation sites (tertiary alicyclic amines) is 1. The zero-order valence-corrected chi connectivity index (χ0v) is 16.7. The summed E-state index contributed by atoms with van der Waals surface area (Å²) in [6, 6.07) is 30.5. The molecule has 27 heavy (non-hydrogen) atoms. The lowest BCUT2D eigenvalue weighted by atomic mass is 9.84. The van der Waals surface area contributed by atoms with Crippen LogP contribution in [0.2, 0.25) is 0 Å². The molecule has 1 heterocycles. The van der Waals surface area contributed by atoms with Gasteiger partial charge in [-0.25, -0.2) is 0 Å². The van der Waals surface area contributed by atoms with E-state index < -0.39 is 0 Å². The van der Waals surface area contributed by atoms with Crippen LogP contribution in [0.3, 0.4) is 0 Å². The molecule has 3 aromatic carbocycles. The van der Waals surface area contributed by atoms with Crippen LogP contribution in [0.4, 0.5) is 0 Å². The fourth-order valence-electron chi connectivity index (χ4n) is 4.02. The summed E-state index contributed by atoms with van der Waals surface area (Å²) in [4.78, 5) is 2.19. The van der Waals surface area contributed by atoms with E-state index in [0.29, 0.717) is 5.92 Å². The van der Waals surface area contributed by atoms with Gasteiger partial charge in [-0.15, -0.1) is 11.6 Å². The lowest BCUT2D eigenvalue weighted by Gasteiger charge is -2.50. The SMILES string of the molecule is CC(C)c1cccc(C2(Cl)CN(C(c3ccccc3)c3ccccc3)C2)c1. The quantitative estimate of drug-likeness (QED) is 0.469. The standard InChI is InChI=1S/C25H26ClN/c1-19(2)22-14-9-15-23(16-22)25(26)17-27(18-25)24(20-10-5-3-6-11-20)21-12-7-4-8-13-21/h3-16,19,24H,17-18H2,1-2H3. The molecular formula is C25H26ClN. The van der Waals surface area contributed by atoms with E-state index in [1.807, 2.05) is 0 Å². The van der Waals surface area contributed by atoms with Crippen molar-refractivity contribution in [2.45, 2.75) is 30.7 Å². The highest BCUT2D eigenvalue weighted by atomic mass is 35.5. The summed E-state index contributed by atoms with van der Waals surface area (Å²) in [6.45, 7) is 6.16. The monoisotopic (exact) mass is 375 g/mol. The van der Waals surface area contributed by atoms with Gasteiger partial charge in [-0.1, -0.05) is 98.8 Å². The van der Waals surface area contributed by atoms with Crippen LogP contribution in [0, 0.1) is 0 Å². The average Bonchev–Trinajstić information content (AvgIpc) is 2.68. The Hall–Kier alpha value is -2.09. The van der Waals surface area contributed by atoms with Gasteiger partial charge in [0.15, 0.2) is 0 Å². The number of rotatable bonds is 5. The minimum atomic E-state index is -0.299. The zero-order chi connectivity index (χ0) is 18.9. The number of halogens is 1. The molecule has 0 radical (unpaired) electrons. The molecule has 4 rings (SSSR count). The Morgan fingerprint density at radius 3 is 1.78 bits per heavy atom. The summed E-state index contributed by atoms with van der Waals surface area (Å²) in [6.07, 6.45) is 0. The van der Waals surface area contributed by atoms with Crippen LogP contribution in [0.15, 0.2) is 84.9 Å². The van der Waals surface area contributed by atoms with E-state index in [1.54, 1.807) is 0 Å². The Bertz CT molecular complexity index is 843. The maximum Gasteiger partial charge on any atom is 0.0948 e. The first-order chi connectivity index (χ1) is 13.1. The van der Waals surface area contributed by atoms with E-state index >= 15 is 0 Å². The van der Waals surface area contributed by atoms with Crippen LogP contribution >= 0.6 is 11.6 Å². The van der Waals surface area contributed by atoms with Gasteiger partial charge in [-0.05, 0) is 28.2 Å². The third-order valence-corrected chi connectivity index (χ3v) is 6.03. The van der Waals surface area contributed by atoms with Gasteiger partial charge in [-0.3, -0.25) is 4.90 Å². The topological polar surface area (TPSA) is 3.24 Å². The third-order valence-electron chi connectivity index (χ3n) is 5.57. The summed E-state index contributed by atoms with van der Waals surface area (Å²) in [7, 11) is 0. The molecule has 0 atom stereocenters. The highest BCUT2D eigenvalue weighted by Gasteiger charge is 2.46.